The summed E-state index contributed by atoms with van der Waals surface area (Å²) < 4.78 is 25.3. The highest BCUT2D eigenvalue weighted by Crippen LogP contribution is 2.24. The third kappa shape index (κ3) is 2.68. The summed E-state index contributed by atoms with van der Waals surface area (Å²) in [4.78, 5) is 10.5. The van der Waals surface area contributed by atoms with E-state index in [9.17, 15) is 13.2 Å². The zero-order valence-electron chi connectivity index (χ0n) is 8.06. The number of carboxylic acid groups (broad SMARTS) is 1. The van der Waals surface area contributed by atoms with Gasteiger partial charge in [0.2, 0.25) is 10.0 Å². The molecule has 82 valence electrons. The van der Waals surface area contributed by atoms with Crippen LogP contribution in [0.1, 0.15) is 32.6 Å². The SMILES string of the molecule is C[C@H](NS(=O)(=O)C1CCCC1)C(=O)O. The summed E-state index contributed by atoms with van der Waals surface area (Å²) in [7, 11) is -3.44. The van der Waals surface area contributed by atoms with E-state index in [4.69, 9.17) is 5.11 Å². The summed E-state index contributed by atoms with van der Waals surface area (Å²) in [5.74, 6) is -1.15. The summed E-state index contributed by atoms with van der Waals surface area (Å²) in [6, 6.07) is -1.04. The molecule has 0 radical (unpaired) electrons. The molecule has 0 heterocycles. The minimum Gasteiger partial charge on any atom is -0.480 e. The molecule has 0 bridgehead atoms. The van der Waals surface area contributed by atoms with Crippen LogP contribution in [0, 0.1) is 0 Å². The van der Waals surface area contributed by atoms with Crippen molar-refractivity contribution in [2.75, 3.05) is 0 Å². The predicted molar refractivity (Wildman–Crippen MR) is 51.4 cm³/mol. The molecule has 14 heavy (non-hydrogen) atoms. The second-order valence-corrected chi connectivity index (χ2v) is 5.62. The van der Waals surface area contributed by atoms with Gasteiger partial charge in [-0.05, 0) is 19.8 Å². The molecule has 6 heteroatoms. The van der Waals surface area contributed by atoms with Crippen LogP contribution in [-0.4, -0.2) is 30.8 Å². The molecule has 0 aliphatic heterocycles. The van der Waals surface area contributed by atoms with Gasteiger partial charge in [0.15, 0.2) is 0 Å². The number of hydrogen-bond acceptors (Lipinski definition) is 3. The van der Waals surface area contributed by atoms with Crippen molar-refractivity contribution in [3.05, 3.63) is 0 Å². The van der Waals surface area contributed by atoms with E-state index in [-0.39, 0.29) is 0 Å². The Morgan fingerprint density at radius 3 is 2.36 bits per heavy atom. The van der Waals surface area contributed by atoms with Crippen LogP contribution in [0.4, 0.5) is 0 Å². The third-order valence-corrected chi connectivity index (χ3v) is 4.48. The Hall–Kier alpha value is -0.620. The summed E-state index contributed by atoms with van der Waals surface area (Å²) in [5.41, 5.74) is 0. The average molecular weight is 221 g/mol. The second kappa shape index (κ2) is 4.27. The molecule has 0 unspecified atom stereocenters. The monoisotopic (exact) mass is 221 g/mol. The molecule has 1 aliphatic rings. The van der Waals surface area contributed by atoms with Crippen LogP contribution in [0.5, 0.6) is 0 Å². The summed E-state index contributed by atoms with van der Waals surface area (Å²) in [6.45, 7) is 1.33. The number of aliphatic carboxylic acids is 1. The van der Waals surface area contributed by atoms with Gasteiger partial charge in [-0.1, -0.05) is 12.8 Å². The topological polar surface area (TPSA) is 83.5 Å². The zero-order valence-corrected chi connectivity index (χ0v) is 8.88. The lowest BCUT2D eigenvalue weighted by Gasteiger charge is -2.14. The smallest absolute Gasteiger partial charge is 0.321 e. The van der Waals surface area contributed by atoms with Gasteiger partial charge in [0.25, 0.3) is 0 Å². The molecular weight excluding hydrogens is 206 g/mol. The van der Waals surface area contributed by atoms with E-state index in [0.717, 1.165) is 12.8 Å². The van der Waals surface area contributed by atoms with Crippen molar-refractivity contribution in [3.8, 4) is 0 Å². The number of hydrogen-bond donors (Lipinski definition) is 2. The Morgan fingerprint density at radius 2 is 1.93 bits per heavy atom. The molecule has 1 aliphatic carbocycles. The lowest BCUT2D eigenvalue weighted by Crippen LogP contribution is -2.42. The number of nitrogens with one attached hydrogen (secondary N) is 1. The van der Waals surface area contributed by atoms with Crippen LogP contribution < -0.4 is 4.72 Å². The van der Waals surface area contributed by atoms with Crippen molar-refractivity contribution in [1.29, 1.82) is 0 Å². The molecule has 0 aromatic rings. The van der Waals surface area contributed by atoms with E-state index in [0.29, 0.717) is 12.8 Å². The highest BCUT2D eigenvalue weighted by molar-refractivity contribution is 7.90. The van der Waals surface area contributed by atoms with Gasteiger partial charge in [-0.3, -0.25) is 4.79 Å². The molecular formula is C8H15NO4S. The standard InChI is InChI=1S/C8H15NO4S/c1-6(8(10)11)9-14(12,13)7-4-2-3-5-7/h6-7,9H,2-5H2,1H3,(H,10,11)/t6-/m0/s1. The van der Waals surface area contributed by atoms with Crippen molar-refractivity contribution in [2.24, 2.45) is 0 Å². The van der Waals surface area contributed by atoms with E-state index in [1.165, 1.54) is 6.92 Å². The molecule has 1 rings (SSSR count). The largest absolute Gasteiger partial charge is 0.480 e. The van der Waals surface area contributed by atoms with Crippen LogP contribution in [0.15, 0.2) is 0 Å². The van der Waals surface area contributed by atoms with Crippen molar-refractivity contribution >= 4 is 16.0 Å². The predicted octanol–water partition coefficient (Wildman–Crippen LogP) is 0.321. The maximum Gasteiger partial charge on any atom is 0.321 e. The minimum atomic E-state index is -3.44. The number of carbonyl (C=O) groups is 1. The van der Waals surface area contributed by atoms with Crippen LogP contribution in [-0.2, 0) is 14.8 Å². The molecule has 0 amide bonds. The lowest BCUT2D eigenvalue weighted by atomic mass is 10.4. The van der Waals surface area contributed by atoms with Crippen molar-refractivity contribution < 1.29 is 18.3 Å². The van der Waals surface area contributed by atoms with Gasteiger partial charge in [0.1, 0.15) is 6.04 Å². The summed E-state index contributed by atoms with van der Waals surface area (Å²) in [5, 5.41) is 8.16. The maximum absolute atomic E-state index is 11.6. The average Bonchev–Trinajstić information content (AvgIpc) is 2.54. The van der Waals surface area contributed by atoms with Crippen molar-refractivity contribution in [3.63, 3.8) is 0 Å². The minimum absolute atomic E-state index is 0.399. The Kier molecular flexibility index (Phi) is 3.49. The molecule has 1 fully saturated rings. The van der Waals surface area contributed by atoms with Gasteiger partial charge >= 0.3 is 5.97 Å². The molecule has 0 spiro atoms. The van der Waals surface area contributed by atoms with Crippen LogP contribution >= 0.6 is 0 Å². The molecule has 0 aromatic heterocycles. The van der Waals surface area contributed by atoms with E-state index < -0.39 is 27.3 Å². The zero-order chi connectivity index (χ0) is 10.8. The molecule has 2 N–H and O–H groups in total. The number of sulfonamides is 1. The van der Waals surface area contributed by atoms with Gasteiger partial charge in [0, 0.05) is 0 Å². The molecule has 1 atom stereocenters. The Balaban J connectivity index is 2.61. The fraction of sp³-hybridized carbons (Fsp3) is 0.875. The Labute approximate surface area is 83.6 Å². The first-order chi connectivity index (χ1) is 6.43. The van der Waals surface area contributed by atoms with Crippen LogP contribution in [0.25, 0.3) is 0 Å². The second-order valence-electron chi connectivity index (χ2n) is 3.63. The number of carboxylic acids is 1. The van der Waals surface area contributed by atoms with E-state index in [1.54, 1.807) is 0 Å². The Bertz CT molecular complexity index is 305. The van der Waals surface area contributed by atoms with Gasteiger partial charge in [0.05, 0.1) is 5.25 Å². The first kappa shape index (κ1) is 11.5. The summed E-state index contributed by atoms with van der Waals surface area (Å²) in [6.07, 6.45) is 3.10. The molecule has 5 nitrogen and oxygen atoms in total. The third-order valence-electron chi connectivity index (χ3n) is 2.45. The first-order valence-corrected chi connectivity index (χ1v) is 6.22. The quantitative estimate of drug-likeness (QED) is 0.716. The van der Waals surface area contributed by atoms with E-state index in [2.05, 4.69) is 4.72 Å². The van der Waals surface area contributed by atoms with Gasteiger partial charge < -0.3 is 5.11 Å². The van der Waals surface area contributed by atoms with Crippen LogP contribution in [0.3, 0.4) is 0 Å². The first-order valence-electron chi connectivity index (χ1n) is 4.67. The highest BCUT2D eigenvalue weighted by Gasteiger charge is 2.30. The molecule has 0 aromatic carbocycles. The lowest BCUT2D eigenvalue weighted by molar-refractivity contribution is -0.138. The number of rotatable bonds is 4. The van der Waals surface area contributed by atoms with E-state index in [1.807, 2.05) is 0 Å². The van der Waals surface area contributed by atoms with Crippen molar-refractivity contribution in [1.82, 2.24) is 4.72 Å². The van der Waals surface area contributed by atoms with Gasteiger partial charge in [-0.25, -0.2) is 13.1 Å². The molecule has 1 saturated carbocycles. The fourth-order valence-electron chi connectivity index (χ4n) is 1.59. The normalized spacial score (nSPS) is 20.9. The maximum atomic E-state index is 11.6. The van der Waals surface area contributed by atoms with Crippen LogP contribution in [0.2, 0.25) is 0 Å². The van der Waals surface area contributed by atoms with Crippen molar-refractivity contribution in [2.45, 2.75) is 43.9 Å². The van der Waals surface area contributed by atoms with Gasteiger partial charge in [-0.15, -0.1) is 0 Å². The highest BCUT2D eigenvalue weighted by atomic mass is 32.2. The van der Waals surface area contributed by atoms with Gasteiger partial charge in [-0.2, -0.15) is 0 Å². The van der Waals surface area contributed by atoms with E-state index >= 15 is 0 Å². The summed E-state index contributed by atoms with van der Waals surface area (Å²) >= 11 is 0. The molecule has 0 saturated heterocycles. The fourth-order valence-corrected chi connectivity index (χ4v) is 3.33. The Morgan fingerprint density at radius 1 is 1.43 bits per heavy atom.